The minimum atomic E-state index is -0.809. The lowest BCUT2D eigenvalue weighted by Gasteiger charge is -2.00. The Labute approximate surface area is 80.2 Å². The van der Waals surface area contributed by atoms with Crippen LogP contribution in [-0.4, -0.2) is 16.7 Å². The van der Waals surface area contributed by atoms with E-state index in [4.69, 9.17) is 5.11 Å². The standard InChI is InChI=1S/C10H9FO3/c1-6(12)4-10(14)8-3-2-7(13)5-9(8)11/h2-3,5,13H,4H2,1H3. The number of ketones is 2. The third-order valence-electron chi connectivity index (χ3n) is 1.66. The third-order valence-corrected chi connectivity index (χ3v) is 1.66. The van der Waals surface area contributed by atoms with Crippen molar-refractivity contribution in [3.05, 3.63) is 29.6 Å². The number of carbonyl (C=O) groups is 2. The van der Waals surface area contributed by atoms with Gasteiger partial charge in [0.15, 0.2) is 5.78 Å². The first-order valence-electron chi connectivity index (χ1n) is 4.02. The molecule has 3 nitrogen and oxygen atoms in total. The summed E-state index contributed by atoms with van der Waals surface area (Å²) in [5.41, 5.74) is -0.169. The normalized spacial score (nSPS) is 9.86. The van der Waals surface area contributed by atoms with Crippen LogP contribution in [0, 0.1) is 5.82 Å². The van der Waals surface area contributed by atoms with Crippen LogP contribution in [0.5, 0.6) is 5.75 Å². The summed E-state index contributed by atoms with van der Waals surface area (Å²) in [4.78, 5) is 21.9. The van der Waals surface area contributed by atoms with Gasteiger partial charge in [-0.25, -0.2) is 4.39 Å². The summed E-state index contributed by atoms with van der Waals surface area (Å²) >= 11 is 0. The first kappa shape index (κ1) is 10.4. The van der Waals surface area contributed by atoms with Crippen LogP contribution in [0.2, 0.25) is 0 Å². The Morgan fingerprint density at radius 3 is 2.57 bits per heavy atom. The molecule has 0 amide bonds. The van der Waals surface area contributed by atoms with Crippen LogP contribution < -0.4 is 0 Å². The van der Waals surface area contributed by atoms with E-state index in [9.17, 15) is 14.0 Å². The van der Waals surface area contributed by atoms with E-state index < -0.39 is 11.6 Å². The molecule has 0 atom stereocenters. The number of halogens is 1. The molecule has 0 fully saturated rings. The van der Waals surface area contributed by atoms with Crippen molar-refractivity contribution in [3.63, 3.8) is 0 Å². The first-order valence-corrected chi connectivity index (χ1v) is 4.02. The number of phenolic OH excluding ortho intramolecular Hbond substituents is 1. The fourth-order valence-electron chi connectivity index (χ4n) is 1.05. The van der Waals surface area contributed by atoms with E-state index in [0.717, 1.165) is 12.1 Å². The molecule has 0 aromatic heterocycles. The molecule has 0 saturated heterocycles. The molecule has 0 aliphatic carbocycles. The molecule has 4 heteroatoms. The molecule has 0 heterocycles. The number of aromatic hydroxyl groups is 1. The summed E-state index contributed by atoms with van der Waals surface area (Å²) in [6.07, 6.45) is -0.318. The Bertz CT molecular complexity index is 385. The fourth-order valence-corrected chi connectivity index (χ4v) is 1.05. The van der Waals surface area contributed by atoms with Gasteiger partial charge in [0.25, 0.3) is 0 Å². The zero-order valence-electron chi connectivity index (χ0n) is 7.58. The van der Waals surface area contributed by atoms with Gasteiger partial charge in [-0.3, -0.25) is 9.59 Å². The van der Waals surface area contributed by atoms with Crippen molar-refractivity contribution in [1.82, 2.24) is 0 Å². The third kappa shape index (κ3) is 2.39. The Balaban J connectivity index is 2.96. The largest absolute Gasteiger partial charge is 0.508 e. The van der Waals surface area contributed by atoms with Crippen LogP contribution in [0.4, 0.5) is 4.39 Å². The van der Waals surface area contributed by atoms with Crippen LogP contribution >= 0.6 is 0 Å². The van der Waals surface area contributed by atoms with Crippen molar-refractivity contribution in [1.29, 1.82) is 0 Å². The van der Waals surface area contributed by atoms with E-state index in [1.165, 1.54) is 13.0 Å². The maximum absolute atomic E-state index is 13.1. The summed E-state index contributed by atoms with van der Waals surface area (Å²) in [6, 6.07) is 3.21. The number of hydrogen-bond donors (Lipinski definition) is 1. The molecule has 74 valence electrons. The lowest BCUT2D eigenvalue weighted by molar-refractivity contribution is -0.116. The zero-order valence-corrected chi connectivity index (χ0v) is 7.58. The average molecular weight is 196 g/mol. The van der Waals surface area contributed by atoms with Gasteiger partial charge in [-0.1, -0.05) is 0 Å². The van der Waals surface area contributed by atoms with Gasteiger partial charge < -0.3 is 5.11 Å². The topological polar surface area (TPSA) is 54.4 Å². The second-order valence-corrected chi connectivity index (χ2v) is 2.97. The highest BCUT2D eigenvalue weighted by atomic mass is 19.1. The highest BCUT2D eigenvalue weighted by molar-refractivity contribution is 6.07. The number of Topliss-reactive ketones (excluding diaryl/α,β-unsaturated/α-hetero) is 2. The molecular weight excluding hydrogens is 187 g/mol. The van der Waals surface area contributed by atoms with Gasteiger partial charge in [-0.05, 0) is 19.1 Å². The molecule has 1 N–H and O–H groups in total. The van der Waals surface area contributed by atoms with Crippen molar-refractivity contribution >= 4 is 11.6 Å². The number of hydrogen-bond acceptors (Lipinski definition) is 3. The number of carbonyl (C=O) groups excluding carboxylic acids is 2. The van der Waals surface area contributed by atoms with Crippen molar-refractivity contribution in [2.45, 2.75) is 13.3 Å². The van der Waals surface area contributed by atoms with Crippen LogP contribution in [0.3, 0.4) is 0 Å². The number of phenols is 1. The van der Waals surface area contributed by atoms with E-state index >= 15 is 0 Å². The Kier molecular flexibility index (Phi) is 2.96. The quantitative estimate of drug-likeness (QED) is 0.591. The van der Waals surface area contributed by atoms with Gasteiger partial charge in [0, 0.05) is 6.07 Å². The molecule has 0 radical (unpaired) electrons. The van der Waals surface area contributed by atoms with Crippen LogP contribution in [0.15, 0.2) is 18.2 Å². The molecule has 0 bridgehead atoms. The highest BCUT2D eigenvalue weighted by Crippen LogP contribution is 2.16. The summed E-state index contributed by atoms with van der Waals surface area (Å²) in [7, 11) is 0. The second-order valence-electron chi connectivity index (χ2n) is 2.97. The molecule has 1 rings (SSSR count). The highest BCUT2D eigenvalue weighted by Gasteiger charge is 2.13. The Hall–Kier alpha value is -1.71. The summed E-state index contributed by atoms with van der Waals surface area (Å²) in [6.45, 7) is 1.26. The zero-order chi connectivity index (χ0) is 10.7. The predicted octanol–water partition coefficient (Wildman–Crippen LogP) is 1.69. The molecule has 0 spiro atoms. The Morgan fingerprint density at radius 2 is 2.07 bits per heavy atom. The number of benzene rings is 1. The molecule has 14 heavy (non-hydrogen) atoms. The van der Waals surface area contributed by atoms with Crippen LogP contribution in [0.1, 0.15) is 23.7 Å². The molecule has 0 aliphatic heterocycles. The molecule has 0 aliphatic rings. The van der Waals surface area contributed by atoms with Crippen LogP contribution in [-0.2, 0) is 4.79 Å². The minimum Gasteiger partial charge on any atom is -0.508 e. The van der Waals surface area contributed by atoms with Gasteiger partial charge in [-0.15, -0.1) is 0 Å². The van der Waals surface area contributed by atoms with E-state index in [2.05, 4.69) is 0 Å². The molecule has 0 unspecified atom stereocenters. The number of rotatable bonds is 3. The molecular formula is C10H9FO3. The predicted molar refractivity (Wildman–Crippen MR) is 47.7 cm³/mol. The van der Waals surface area contributed by atoms with Gasteiger partial charge >= 0.3 is 0 Å². The van der Waals surface area contributed by atoms with E-state index in [0.29, 0.717) is 0 Å². The smallest absolute Gasteiger partial charge is 0.173 e. The molecule has 1 aromatic rings. The van der Waals surface area contributed by atoms with Crippen LogP contribution in [0.25, 0.3) is 0 Å². The fraction of sp³-hybridized carbons (Fsp3) is 0.200. The SMILES string of the molecule is CC(=O)CC(=O)c1ccc(O)cc1F. The lowest BCUT2D eigenvalue weighted by Crippen LogP contribution is -2.06. The lowest BCUT2D eigenvalue weighted by atomic mass is 10.1. The van der Waals surface area contributed by atoms with Gasteiger partial charge in [0.1, 0.15) is 17.3 Å². The monoisotopic (exact) mass is 196 g/mol. The summed E-state index contributed by atoms with van der Waals surface area (Å²) in [5.74, 6) is -1.95. The van der Waals surface area contributed by atoms with E-state index in [1.807, 2.05) is 0 Å². The second kappa shape index (κ2) is 4.00. The van der Waals surface area contributed by atoms with Gasteiger partial charge in [-0.2, -0.15) is 0 Å². The van der Waals surface area contributed by atoms with Crippen molar-refractivity contribution in [2.75, 3.05) is 0 Å². The molecule has 0 saturated carbocycles. The summed E-state index contributed by atoms with van der Waals surface area (Å²) < 4.78 is 13.1. The summed E-state index contributed by atoms with van der Waals surface area (Å²) in [5, 5.41) is 8.88. The van der Waals surface area contributed by atoms with Gasteiger partial charge in [0.05, 0.1) is 12.0 Å². The first-order chi connectivity index (χ1) is 6.50. The average Bonchev–Trinajstić information content (AvgIpc) is 2.01. The van der Waals surface area contributed by atoms with Crippen molar-refractivity contribution < 1.29 is 19.1 Å². The van der Waals surface area contributed by atoms with E-state index in [1.54, 1.807) is 0 Å². The maximum Gasteiger partial charge on any atom is 0.173 e. The maximum atomic E-state index is 13.1. The van der Waals surface area contributed by atoms with Gasteiger partial charge in [0.2, 0.25) is 0 Å². The Morgan fingerprint density at radius 1 is 1.43 bits per heavy atom. The minimum absolute atomic E-state index is 0.169. The van der Waals surface area contributed by atoms with Crippen molar-refractivity contribution in [2.24, 2.45) is 0 Å². The van der Waals surface area contributed by atoms with E-state index in [-0.39, 0.29) is 23.5 Å². The molecule has 1 aromatic carbocycles. The van der Waals surface area contributed by atoms with Crippen molar-refractivity contribution in [3.8, 4) is 5.75 Å².